The fourth-order valence-corrected chi connectivity index (χ4v) is 5.76. The Bertz CT molecular complexity index is 1190. The second-order valence-corrected chi connectivity index (χ2v) is 10.4. The summed E-state index contributed by atoms with van der Waals surface area (Å²) in [4.78, 5) is 20.2. The summed E-state index contributed by atoms with van der Waals surface area (Å²) in [6.07, 6.45) is 3.81. The number of aryl methyl sites for hydroxylation is 3. The number of rotatable bonds is 4. The molecule has 1 atom stereocenters. The lowest BCUT2D eigenvalue weighted by Crippen LogP contribution is -2.27. The maximum Gasteiger partial charge on any atom is 0.163 e. The van der Waals surface area contributed by atoms with Crippen molar-refractivity contribution in [3.05, 3.63) is 51.5 Å². The molecule has 4 rings (SSSR count). The first-order valence-corrected chi connectivity index (χ1v) is 11.6. The van der Waals surface area contributed by atoms with E-state index in [0.29, 0.717) is 5.56 Å². The van der Waals surface area contributed by atoms with E-state index < -0.39 is 11.7 Å². The van der Waals surface area contributed by atoms with Crippen molar-refractivity contribution < 1.29 is 9.53 Å². The van der Waals surface area contributed by atoms with Gasteiger partial charge in [0, 0.05) is 27.1 Å². The topological polar surface area (TPSA) is 63.0 Å². The fraction of sp³-hybridized carbons (Fsp3) is 0.423. The van der Waals surface area contributed by atoms with E-state index in [-0.39, 0.29) is 5.78 Å². The molecular formula is C26H28N2O2S. The van der Waals surface area contributed by atoms with Crippen LogP contribution in [0.1, 0.15) is 73.9 Å². The molecule has 0 saturated carbocycles. The summed E-state index contributed by atoms with van der Waals surface area (Å²) in [5.41, 5.74) is 5.23. The van der Waals surface area contributed by atoms with Gasteiger partial charge in [-0.25, -0.2) is 4.98 Å². The smallest absolute Gasteiger partial charge is 0.163 e. The van der Waals surface area contributed by atoms with E-state index in [2.05, 4.69) is 6.07 Å². The average Bonchev–Trinajstić information content (AvgIpc) is 3.08. The first-order chi connectivity index (χ1) is 14.7. The first kappa shape index (κ1) is 21.7. The van der Waals surface area contributed by atoms with Crippen LogP contribution in [0.25, 0.3) is 21.3 Å². The van der Waals surface area contributed by atoms with Crippen molar-refractivity contribution in [2.45, 2.75) is 72.0 Å². The number of carbonyl (C=O) groups excluding carboxylic acids is 1. The fourth-order valence-electron chi connectivity index (χ4n) is 4.45. The van der Waals surface area contributed by atoms with Gasteiger partial charge in [0.25, 0.3) is 0 Å². The Morgan fingerprint density at radius 1 is 1.19 bits per heavy atom. The molecule has 1 aromatic carbocycles. The van der Waals surface area contributed by atoms with Crippen LogP contribution < -0.4 is 0 Å². The van der Waals surface area contributed by atoms with Gasteiger partial charge in [-0.1, -0.05) is 12.1 Å². The summed E-state index contributed by atoms with van der Waals surface area (Å²) in [5, 5.41) is 10.4. The van der Waals surface area contributed by atoms with E-state index in [9.17, 15) is 10.1 Å². The zero-order valence-electron chi connectivity index (χ0n) is 18.8. The van der Waals surface area contributed by atoms with Gasteiger partial charge >= 0.3 is 0 Å². The van der Waals surface area contributed by atoms with Gasteiger partial charge in [0.15, 0.2) is 5.78 Å². The van der Waals surface area contributed by atoms with Crippen LogP contribution in [0.2, 0.25) is 0 Å². The number of Topliss-reactive ketones (excluding diaryl/α,β-unsaturated/α-hetero) is 1. The molecule has 4 nitrogen and oxygen atoms in total. The molecule has 2 aromatic heterocycles. The van der Waals surface area contributed by atoms with Crippen LogP contribution in [0.4, 0.5) is 0 Å². The highest BCUT2D eigenvalue weighted by molar-refractivity contribution is 7.19. The van der Waals surface area contributed by atoms with Crippen LogP contribution in [0.3, 0.4) is 0 Å². The summed E-state index contributed by atoms with van der Waals surface area (Å²) >= 11 is 1.78. The average molecular weight is 433 g/mol. The minimum atomic E-state index is -0.693. The number of ether oxygens (including phenoxy) is 1. The number of benzene rings is 1. The molecule has 160 valence electrons. The van der Waals surface area contributed by atoms with Crippen LogP contribution in [0, 0.1) is 18.3 Å². The van der Waals surface area contributed by atoms with Gasteiger partial charge in [-0.05, 0) is 83.6 Å². The van der Waals surface area contributed by atoms with Gasteiger partial charge in [0.1, 0.15) is 10.9 Å². The lowest BCUT2D eigenvalue weighted by Gasteiger charge is -2.29. The van der Waals surface area contributed by atoms with E-state index in [1.54, 1.807) is 18.3 Å². The number of ketones is 1. The van der Waals surface area contributed by atoms with Gasteiger partial charge in [-0.2, -0.15) is 5.26 Å². The van der Waals surface area contributed by atoms with Crippen molar-refractivity contribution in [2.24, 2.45) is 0 Å². The quantitative estimate of drug-likeness (QED) is 0.474. The summed E-state index contributed by atoms with van der Waals surface area (Å²) in [7, 11) is 0. The SMILES string of the molecule is CC(=O)[C@@H](OC(C)(C)C)c1c(C)nc2sc3c(c2c1-c1ccc(C#N)cc1)CCCC3. The molecule has 0 N–H and O–H groups in total. The zero-order valence-corrected chi connectivity index (χ0v) is 19.7. The van der Waals surface area contributed by atoms with Gasteiger partial charge < -0.3 is 4.74 Å². The largest absolute Gasteiger partial charge is 0.360 e. The van der Waals surface area contributed by atoms with Crippen LogP contribution in [-0.4, -0.2) is 16.4 Å². The van der Waals surface area contributed by atoms with Crippen molar-refractivity contribution >= 4 is 27.3 Å². The van der Waals surface area contributed by atoms with E-state index >= 15 is 0 Å². The number of aromatic nitrogens is 1. The van der Waals surface area contributed by atoms with Crippen molar-refractivity contribution in [2.75, 3.05) is 0 Å². The van der Waals surface area contributed by atoms with E-state index in [1.165, 1.54) is 23.3 Å². The van der Waals surface area contributed by atoms with Gasteiger partial charge in [0.2, 0.25) is 0 Å². The lowest BCUT2D eigenvalue weighted by molar-refractivity contribution is -0.138. The Morgan fingerprint density at radius 2 is 1.87 bits per heavy atom. The first-order valence-electron chi connectivity index (χ1n) is 10.8. The number of hydrogen-bond acceptors (Lipinski definition) is 5. The third kappa shape index (κ3) is 4.15. The molecule has 0 bridgehead atoms. The van der Waals surface area contributed by atoms with Crippen molar-refractivity contribution in [3.8, 4) is 17.2 Å². The molecule has 0 fully saturated rings. The molecule has 0 spiro atoms. The molecular weight excluding hydrogens is 404 g/mol. The summed E-state index contributed by atoms with van der Waals surface area (Å²) < 4.78 is 6.30. The third-order valence-electron chi connectivity index (χ3n) is 5.74. The number of thiophene rings is 1. The predicted octanol–water partition coefficient (Wildman–Crippen LogP) is 6.47. The molecule has 3 aromatic rings. The maximum atomic E-state index is 12.8. The normalized spacial score (nSPS) is 14.8. The number of carbonyl (C=O) groups is 1. The van der Waals surface area contributed by atoms with Crippen molar-refractivity contribution in [3.63, 3.8) is 0 Å². The number of fused-ring (bicyclic) bond motifs is 3. The lowest BCUT2D eigenvalue weighted by atomic mass is 9.87. The van der Waals surface area contributed by atoms with E-state index in [0.717, 1.165) is 45.4 Å². The minimum absolute atomic E-state index is 0.0295. The van der Waals surface area contributed by atoms with Crippen LogP contribution in [0.5, 0.6) is 0 Å². The highest BCUT2D eigenvalue weighted by Crippen LogP contribution is 2.45. The standard InChI is InChI=1S/C26H28N2O2S/c1-15-21(24(16(2)29)30-26(3,4)5)22(18-12-10-17(14-27)11-13-18)23-19-8-6-7-9-20(19)31-25(23)28-15/h10-13,24H,6-9H2,1-5H3/t24-/m1/s1. The van der Waals surface area contributed by atoms with Crippen molar-refractivity contribution in [1.82, 2.24) is 4.98 Å². The number of pyridine rings is 1. The Kier molecular flexibility index (Phi) is 5.72. The van der Waals surface area contributed by atoms with Crippen LogP contribution in [-0.2, 0) is 22.4 Å². The third-order valence-corrected chi connectivity index (χ3v) is 6.92. The molecule has 1 aliphatic carbocycles. The minimum Gasteiger partial charge on any atom is -0.360 e. The van der Waals surface area contributed by atoms with Gasteiger partial charge in [0.05, 0.1) is 17.2 Å². The Morgan fingerprint density at radius 3 is 2.48 bits per heavy atom. The Balaban J connectivity index is 2.08. The van der Waals surface area contributed by atoms with E-state index in [1.807, 2.05) is 52.0 Å². The van der Waals surface area contributed by atoms with Gasteiger partial charge in [-0.15, -0.1) is 11.3 Å². The molecule has 1 aliphatic rings. The van der Waals surface area contributed by atoms with Gasteiger partial charge in [-0.3, -0.25) is 4.79 Å². The highest BCUT2D eigenvalue weighted by Gasteiger charge is 2.32. The van der Waals surface area contributed by atoms with Crippen LogP contribution in [0.15, 0.2) is 24.3 Å². The van der Waals surface area contributed by atoms with Crippen molar-refractivity contribution in [1.29, 1.82) is 5.26 Å². The molecule has 0 saturated heterocycles. The second kappa shape index (κ2) is 8.18. The molecule has 31 heavy (non-hydrogen) atoms. The zero-order chi connectivity index (χ0) is 22.3. The molecule has 5 heteroatoms. The molecule has 2 heterocycles. The maximum absolute atomic E-state index is 12.8. The Hall–Kier alpha value is -2.55. The summed E-state index contributed by atoms with van der Waals surface area (Å²) in [6.45, 7) is 9.47. The number of nitrogens with zero attached hydrogens (tertiary/aromatic N) is 2. The van der Waals surface area contributed by atoms with Crippen LogP contribution >= 0.6 is 11.3 Å². The number of nitriles is 1. The monoisotopic (exact) mass is 432 g/mol. The molecule has 0 amide bonds. The molecule has 0 unspecified atom stereocenters. The molecule has 0 aliphatic heterocycles. The van der Waals surface area contributed by atoms with E-state index in [4.69, 9.17) is 9.72 Å². The molecule has 0 radical (unpaired) electrons. The number of hydrogen-bond donors (Lipinski definition) is 0. The second-order valence-electron chi connectivity index (χ2n) is 9.29. The summed E-state index contributed by atoms with van der Waals surface area (Å²) in [5.74, 6) is -0.0295. The highest BCUT2D eigenvalue weighted by atomic mass is 32.1. The summed E-state index contributed by atoms with van der Waals surface area (Å²) in [6, 6.07) is 9.84. The Labute approximate surface area is 187 Å². The predicted molar refractivity (Wildman–Crippen MR) is 125 cm³/mol.